The normalized spacial score (nSPS) is 41.2. The molecule has 1 aliphatic heterocycles. The van der Waals surface area contributed by atoms with Crippen molar-refractivity contribution in [3.05, 3.63) is 11.6 Å². The summed E-state index contributed by atoms with van der Waals surface area (Å²) in [7, 11) is 4.11. The lowest BCUT2D eigenvalue weighted by molar-refractivity contribution is -0.197. The van der Waals surface area contributed by atoms with Gasteiger partial charge in [0.25, 0.3) is 0 Å². The van der Waals surface area contributed by atoms with Gasteiger partial charge >= 0.3 is 0 Å². The Balaban J connectivity index is 1.37. The van der Waals surface area contributed by atoms with E-state index in [1.54, 1.807) is 0 Å². The number of unbranched alkanes of at least 4 members (excludes halogenated alkanes) is 1. The largest absolute Gasteiger partial charge is 0.390 e. The summed E-state index contributed by atoms with van der Waals surface area (Å²) in [6.07, 6.45) is 17.7. The van der Waals surface area contributed by atoms with Crippen LogP contribution in [0.2, 0.25) is 0 Å². The van der Waals surface area contributed by atoms with Gasteiger partial charge < -0.3 is 19.3 Å². The summed E-state index contributed by atoms with van der Waals surface area (Å²) >= 11 is 0. The van der Waals surface area contributed by atoms with E-state index in [4.69, 9.17) is 14.2 Å². The quantitative estimate of drug-likeness (QED) is 0.219. The fourth-order valence-electron chi connectivity index (χ4n) is 9.22. The zero-order chi connectivity index (χ0) is 28.2. The first-order valence-corrected chi connectivity index (χ1v) is 16.4. The van der Waals surface area contributed by atoms with Gasteiger partial charge in [0.15, 0.2) is 6.29 Å². The van der Waals surface area contributed by atoms with Gasteiger partial charge in [-0.15, -0.1) is 0 Å². The third-order valence-electron chi connectivity index (χ3n) is 11.5. The molecule has 4 aliphatic rings. The minimum absolute atomic E-state index is 0.0957. The number of methoxy groups -OCH3 is 1. The molecule has 39 heavy (non-hydrogen) atoms. The van der Waals surface area contributed by atoms with Crippen molar-refractivity contribution in [3.8, 4) is 0 Å². The second-order valence-electron chi connectivity index (χ2n) is 14.7. The van der Waals surface area contributed by atoms with E-state index in [1.165, 1.54) is 63.4 Å². The number of aliphatic hydroxyl groups is 1. The Labute approximate surface area is 240 Å². The third-order valence-corrected chi connectivity index (χ3v) is 11.5. The van der Waals surface area contributed by atoms with Gasteiger partial charge in [-0.1, -0.05) is 45.6 Å². The van der Waals surface area contributed by atoms with E-state index in [9.17, 15) is 5.11 Å². The summed E-state index contributed by atoms with van der Waals surface area (Å²) in [5, 5.41) is 10.2. The van der Waals surface area contributed by atoms with Crippen LogP contribution in [0.25, 0.3) is 0 Å². The highest BCUT2D eigenvalue weighted by atomic mass is 16.7. The fourth-order valence-corrected chi connectivity index (χ4v) is 9.22. The van der Waals surface area contributed by atoms with Gasteiger partial charge in [0.1, 0.15) is 0 Å². The van der Waals surface area contributed by atoms with Gasteiger partial charge in [-0.05, 0) is 120 Å². The molecule has 0 bridgehead atoms. The first-order valence-electron chi connectivity index (χ1n) is 16.4. The molecule has 9 atom stereocenters. The van der Waals surface area contributed by atoms with Crippen LogP contribution in [0.4, 0.5) is 0 Å². The second-order valence-corrected chi connectivity index (χ2v) is 14.7. The molecular weight excluding hydrogens is 486 g/mol. The molecule has 1 heterocycles. The van der Waals surface area contributed by atoms with Crippen LogP contribution in [0, 0.1) is 35.0 Å². The predicted octanol–water partition coefficient (Wildman–Crippen LogP) is 7.22. The van der Waals surface area contributed by atoms with Crippen LogP contribution in [0.5, 0.6) is 0 Å². The minimum atomic E-state index is -0.551. The first-order chi connectivity index (χ1) is 18.6. The Kier molecular flexibility index (Phi) is 11.0. The first kappa shape index (κ1) is 31.5. The fraction of sp³-hybridized carbons (Fsp3) is 0.941. The third kappa shape index (κ3) is 7.69. The molecule has 226 valence electrons. The van der Waals surface area contributed by atoms with Crippen molar-refractivity contribution >= 4 is 0 Å². The smallest absolute Gasteiger partial charge is 0.170 e. The Bertz CT molecular complexity index is 793. The Morgan fingerprint density at radius 1 is 1.15 bits per heavy atom. The number of likely N-dealkylation sites (N-methyl/N-ethyl adjacent to an activating group) is 1. The highest BCUT2D eigenvalue weighted by molar-refractivity contribution is 5.16. The van der Waals surface area contributed by atoms with Crippen molar-refractivity contribution < 1.29 is 19.3 Å². The molecular formula is C34H61NO4. The van der Waals surface area contributed by atoms with Gasteiger partial charge in [0, 0.05) is 20.2 Å². The monoisotopic (exact) mass is 547 g/mol. The summed E-state index contributed by atoms with van der Waals surface area (Å²) < 4.78 is 18.8. The van der Waals surface area contributed by atoms with E-state index in [2.05, 4.69) is 38.8 Å². The summed E-state index contributed by atoms with van der Waals surface area (Å²) in [5.41, 5.74) is 1.38. The zero-order valence-corrected chi connectivity index (χ0v) is 26.4. The zero-order valence-electron chi connectivity index (χ0n) is 26.4. The highest BCUT2D eigenvalue weighted by Crippen LogP contribution is 2.60. The minimum Gasteiger partial charge on any atom is -0.390 e. The molecule has 3 saturated carbocycles. The Morgan fingerprint density at radius 2 is 1.95 bits per heavy atom. The number of allylic oxidation sites excluding steroid dienone is 1. The van der Waals surface area contributed by atoms with Crippen LogP contribution in [-0.2, 0) is 14.2 Å². The van der Waals surface area contributed by atoms with Gasteiger partial charge in [-0.25, -0.2) is 0 Å². The van der Waals surface area contributed by atoms with E-state index < -0.39 is 5.60 Å². The van der Waals surface area contributed by atoms with Crippen molar-refractivity contribution in [2.24, 2.45) is 35.0 Å². The van der Waals surface area contributed by atoms with Crippen LogP contribution in [-0.4, -0.2) is 68.0 Å². The molecule has 5 unspecified atom stereocenters. The maximum absolute atomic E-state index is 10.2. The molecule has 1 N–H and O–H groups in total. The van der Waals surface area contributed by atoms with Crippen LogP contribution < -0.4 is 0 Å². The lowest BCUT2D eigenvalue weighted by Crippen LogP contribution is -2.44. The van der Waals surface area contributed by atoms with Crippen molar-refractivity contribution in [1.29, 1.82) is 0 Å². The number of hydrogen-bond donors (Lipinski definition) is 1. The number of morpholine rings is 1. The summed E-state index contributed by atoms with van der Waals surface area (Å²) in [4.78, 5) is 2.32. The van der Waals surface area contributed by atoms with Crippen LogP contribution in [0.15, 0.2) is 11.6 Å². The molecule has 4 fully saturated rings. The molecule has 4 rings (SSSR count). The molecule has 0 radical (unpaired) electrons. The molecule has 0 spiro atoms. The standard InChI is InChI=1S/C34H61NO4/c1-8-26-27(24(2)14-17-30(26)39-32-23-35(6)20-21-38-32)16-15-25-12-11-19-34(5)28(31(37-7)22-29(25)34)13-9-10-18-33(3,4)36/h8,24-25,27-32,36H,9-23H2,1-7H3/b26-8+/t24?,25-,27?,28?,29?,30-,31+,32?,34+/m0/s1. The molecule has 0 amide bonds. The second kappa shape index (κ2) is 13.7. The molecule has 0 aromatic heterocycles. The number of rotatable bonds is 11. The molecule has 0 aromatic carbocycles. The topological polar surface area (TPSA) is 51.2 Å². The number of hydrogen-bond acceptors (Lipinski definition) is 5. The van der Waals surface area contributed by atoms with Gasteiger partial charge in [0.2, 0.25) is 0 Å². The summed E-state index contributed by atoms with van der Waals surface area (Å²) in [6.45, 7) is 13.8. The molecule has 1 saturated heterocycles. The molecule has 0 aromatic rings. The average Bonchev–Trinajstić information content (AvgIpc) is 3.18. The van der Waals surface area contributed by atoms with E-state index in [-0.39, 0.29) is 12.4 Å². The predicted molar refractivity (Wildman–Crippen MR) is 160 cm³/mol. The van der Waals surface area contributed by atoms with E-state index in [0.29, 0.717) is 23.4 Å². The van der Waals surface area contributed by atoms with Crippen LogP contribution in [0.1, 0.15) is 112 Å². The summed E-state index contributed by atoms with van der Waals surface area (Å²) in [5.74, 6) is 3.59. The average molecular weight is 548 g/mol. The SMILES string of the molecule is C/C=C1\C(CC[C@@H]2CCC[C@@]3(C)C2C[C@@H](OC)C3CCCCC(C)(C)O)C(C)CC[C@@H]1OC1CN(C)CCO1. The van der Waals surface area contributed by atoms with Gasteiger partial charge in [-0.2, -0.15) is 0 Å². The molecule has 5 heteroatoms. The number of fused-ring (bicyclic) bond motifs is 1. The Morgan fingerprint density at radius 3 is 2.64 bits per heavy atom. The lowest BCUT2D eigenvalue weighted by atomic mass is 9.59. The van der Waals surface area contributed by atoms with Gasteiger partial charge in [0.05, 0.1) is 24.4 Å². The van der Waals surface area contributed by atoms with Gasteiger partial charge in [-0.3, -0.25) is 4.90 Å². The molecule has 5 nitrogen and oxygen atoms in total. The lowest BCUT2D eigenvalue weighted by Gasteiger charge is -2.46. The maximum atomic E-state index is 10.2. The van der Waals surface area contributed by atoms with E-state index in [0.717, 1.165) is 56.7 Å². The van der Waals surface area contributed by atoms with Crippen LogP contribution >= 0.6 is 0 Å². The van der Waals surface area contributed by atoms with Crippen LogP contribution in [0.3, 0.4) is 0 Å². The summed E-state index contributed by atoms with van der Waals surface area (Å²) in [6, 6.07) is 0. The van der Waals surface area contributed by atoms with Crippen molar-refractivity contribution in [1.82, 2.24) is 4.90 Å². The molecule has 3 aliphatic carbocycles. The van der Waals surface area contributed by atoms with E-state index >= 15 is 0 Å². The highest BCUT2D eigenvalue weighted by Gasteiger charge is 2.55. The van der Waals surface area contributed by atoms with E-state index in [1.807, 2.05) is 21.0 Å². The number of ether oxygens (including phenoxy) is 3. The maximum Gasteiger partial charge on any atom is 0.170 e. The van der Waals surface area contributed by atoms with Crippen molar-refractivity contribution in [3.63, 3.8) is 0 Å². The Hall–Kier alpha value is -0.460. The number of nitrogens with zero attached hydrogens (tertiary/aromatic N) is 1. The van der Waals surface area contributed by atoms with Crippen molar-refractivity contribution in [2.45, 2.75) is 136 Å². The van der Waals surface area contributed by atoms with Crippen molar-refractivity contribution in [2.75, 3.05) is 33.9 Å².